The van der Waals surface area contributed by atoms with Crippen molar-refractivity contribution in [3.05, 3.63) is 11.6 Å². The highest BCUT2D eigenvalue weighted by Gasteiger charge is 2.39. The molecule has 2 rings (SSSR count). The van der Waals surface area contributed by atoms with Crippen LogP contribution >= 0.6 is 23.7 Å². The fourth-order valence-electron chi connectivity index (χ4n) is 2.48. The molecule has 0 aromatic carbocycles. The first-order valence-corrected chi connectivity index (χ1v) is 11.5. The molecule has 0 aliphatic carbocycles. The maximum Gasteiger partial charge on any atom is 0.253 e. The lowest BCUT2D eigenvalue weighted by Gasteiger charge is -2.32. The Bertz CT molecular complexity index is 779. The molecule has 0 fully saturated rings. The van der Waals surface area contributed by atoms with Crippen molar-refractivity contribution in [2.24, 2.45) is 5.14 Å². The van der Waals surface area contributed by atoms with Gasteiger partial charge in [-0.2, -0.15) is 4.31 Å². The molecule has 1 aromatic rings. The summed E-state index contributed by atoms with van der Waals surface area (Å²) < 4.78 is 55.3. The Hall–Kier alpha value is -0.270. The van der Waals surface area contributed by atoms with Gasteiger partial charge in [-0.25, -0.2) is 22.0 Å². The summed E-state index contributed by atoms with van der Waals surface area (Å²) in [6.45, 7) is 5.80. The Balaban J connectivity index is 0.00000312. The van der Waals surface area contributed by atoms with Gasteiger partial charge in [-0.15, -0.1) is 23.7 Å². The quantitative estimate of drug-likeness (QED) is 0.588. The SMILES string of the molecule is CCCNC1CN(CCOCC)S(=O)(=O)c2sc(S(N)(=O)=O)cc21.Cl. The number of nitrogens with zero attached hydrogens (tertiary/aromatic N) is 1. The van der Waals surface area contributed by atoms with Crippen molar-refractivity contribution in [3.8, 4) is 0 Å². The van der Waals surface area contributed by atoms with E-state index in [1.165, 1.54) is 10.4 Å². The summed E-state index contributed by atoms with van der Waals surface area (Å²) in [7, 11) is -7.70. The second kappa shape index (κ2) is 9.09. The van der Waals surface area contributed by atoms with Gasteiger partial charge in [-0.1, -0.05) is 6.92 Å². The summed E-state index contributed by atoms with van der Waals surface area (Å²) in [5.74, 6) is 0. The minimum Gasteiger partial charge on any atom is -0.380 e. The second-order valence-corrected chi connectivity index (χ2v) is 10.4. The Labute approximate surface area is 159 Å². The third kappa shape index (κ3) is 5.13. The number of thiophene rings is 1. The molecule has 0 amide bonds. The summed E-state index contributed by atoms with van der Waals surface area (Å²) >= 11 is 0.706. The van der Waals surface area contributed by atoms with Crippen LogP contribution in [0.25, 0.3) is 0 Å². The number of hydrogen-bond acceptors (Lipinski definition) is 7. The van der Waals surface area contributed by atoms with E-state index in [1.807, 2.05) is 13.8 Å². The Morgan fingerprint density at radius 1 is 1.44 bits per heavy atom. The van der Waals surface area contributed by atoms with Crippen LogP contribution in [0, 0.1) is 0 Å². The van der Waals surface area contributed by atoms with Crippen molar-refractivity contribution in [2.75, 3.05) is 32.8 Å². The van der Waals surface area contributed by atoms with Crippen LogP contribution in [0.1, 0.15) is 31.9 Å². The maximum absolute atomic E-state index is 12.8. The first-order chi connectivity index (χ1) is 11.2. The van der Waals surface area contributed by atoms with Crippen molar-refractivity contribution in [3.63, 3.8) is 0 Å². The van der Waals surface area contributed by atoms with E-state index < -0.39 is 20.0 Å². The van der Waals surface area contributed by atoms with Gasteiger partial charge >= 0.3 is 0 Å². The van der Waals surface area contributed by atoms with Gasteiger partial charge < -0.3 is 10.1 Å². The lowest BCUT2D eigenvalue weighted by Crippen LogP contribution is -2.44. The molecule has 0 bridgehead atoms. The van der Waals surface area contributed by atoms with Crippen LogP contribution in [0.15, 0.2) is 14.5 Å². The van der Waals surface area contributed by atoms with E-state index >= 15 is 0 Å². The fraction of sp³-hybridized carbons (Fsp3) is 0.692. The Kier molecular flexibility index (Phi) is 8.28. The maximum atomic E-state index is 12.8. The van der Waals surface area contributed by atoms with Crippen molar-refractivity contribution < 1.29 is 21.6 Å². The van der Waals surface area contributed by atoms with E-state index in [-0.39, 0.29) is 40.0 Å². The number of nitrogens with two attached hydrogens (primary N) is 1. The number of rotatable bonds is 8. The van der Waals surface area contributed by atoms with E-state index in [2.05, 4.69) is 5.32 Å². The van der Waals surface area contributed by atoms with E-state index in [1.54, 1.807) is 0 Å². The zero-order valence-electron chi connectivity index (χ0n) is 14.1. The molecule has 1 aliphatic heterocycles. The Morgan fingerprint density at radius 3 is 2.68 bits per heavy atom. The molecule has 25 heavy (non-hydrogen) atoms. The van der Waals surface area contributed by atoms with Gasteiger partial charge in [-0.3, -0.25) is 0 Å². The first kappa shape index (κ1) is 22.8. The molecule has 8 nitrogen and oxygen atoms in total. The van der Waals surface area contributed by atoms with Crippen LogP contribution in [0.5, 0.6) is 0 Å². The number of halogens is 1. The summed E-state index contributed by atoms with van der Waals surface area (Å²) in [6.07, 6.45) is 0.879. The number of nitrogens with one attached hydrogen (secondary N) is 1. The lowest BCUT2D eigenvalue weighted by atomic mass is 10.1. The smallest absolute Gasteiger partial charge is 0.253 e. The van der Waals surface area contributed by atoms with Crippen molar-refractivity contribution in [1.29, 1.82) is 0 Å². The minimum atomic E-state index is -3.95. The fourth-order valence-corrected chi connectivity index (χ4v) is 6.74. The molecule has 0 radical (unpaired) electrons. The van der Waals surface area contributed by atoms with E-state index in [9.17, 15) is 16.8 Å². The molecule has 2 heterocycles. The third-order valence-electron chi connectivity index (χ3n) is 3.65. The van der Waals surface area contributed by atoms with E-state index in [0.717, 1.165) is 6.42 Å². The highest BCUT2D eigenvalue weighted by molar-refractivity contribution is 7.94. The second-order valence-electron chi connectivity index (χ2n) is 5.42. The lowest BCUT2D eigenvalue weighted by molar-refractivity contribution is 0.131. The molecular formula is C13H24ClN3O5S3. The number of hydrogen-bond donors (Lipinski definition) is 2. The average Bonchev–Trinajstić information content (AvgIpc) is 2.95. The van der Waals surface area contributed by atoms with Crippen LogP contribution in [-0.4, -0.2) is 54.0 Å². The van der Waals surface area contributed by atoms with Crippen molar-refractivity contribution >= 4 is 43.8 Å². The molecule has 1 aliphatic rings. The van der Waals surface area contributed by atoms with Crippen LogP contribution in [0.3, 0.4) is 0 Å². The van der Waals surface area contributed by atoms with Crippen LogP contribution < -0.4 is 10.5 Å². The predicted octanol–water partition coefficient (Wildman–Crippen LogP) is 0.899. The molecule has 3 N–H and O–H groups in total. The van der Waals surface area contributed by atoms with Crippen LogP contribution in [0.2, 0.25) is 0 Å². The Morgan fingerprint density at radius 2 is 2.12 bits per heavy atom. The van der Waals surface area contributed by atoms with Crippen LogP contribution in [0.4, 0.5) is 0 Å². The van der Waals surface area contributed by atoms with Gasteiger partial charge in [0.2, 0.25) is 10.0 Å². The van der Waals surface area contributed by atoms with Gasteiger partial charge in [0.1, 0.15) is 8.42 Å². The zero-order chi connectivity index (χ0) is 18.0. The van der Waals surface area contributed by atoms with Crippen molar-refractivity contribution in [1.82, 2.24) is 9.62 Å². The normalized spacial score (nSPS) is 20.0. The summed E-state index contributed by atoms with van der Waals surface area (Å²) in [4.78, 5) is 0. The highest BCUT2D eigenvalue weighted by atomic mass is 35.5. The molecule has 1 atom stereocenters. The predicted molar refractivity (Wildman–Crippen MR) is 99.2 cm³/mol. The summed E-state index contributed by atoms with van der Waals surface area (Å²) in [5.41, 5.74) is 0.477. The minimum absolute atomic E-state index is 0. The van der Waals surface area contributed by atoms with E-state index in [4.69, 9.17) is 9.88 Å². The molecule has 1 unspecified atom stereocenters. The molecule has 146 valence electrons. The number of sulfonamides is 2. The largest absolute Gasteiger partial charge is 0.380 e. The van der Waals surface area contributed by atoms with Gasteiger partial charge in [0, 0.05) is 31.3 Å². The van der Waals surface area contributed by atoms with Gasteiger partial charge in [0.05, 0.1) is 6.61 Å². The zero-order valence-corrected chi connectivity index (χ0v) is 17.4. The molecular weight excluding hydrogens is 410 g/mol. The first-order valence-electron chi connectivity index (χ1n) is 7.69. The number of ether oxygens (including phenoxy) is 1. The van der Waals surface area contributed by atoms with Gasteiger partial charge in [0.25, 0.3) is 10.0 Å². The molecule has 0 spiro atoms. The van der Waals surface area contributed by atoms with Gasteiger partial charge in [-0.05, 0) is 26.0 Å². The van der Waals surface area contributed by atoms with Crippen LogP contribution in [-0.2, 0) is 24.8 Å². The summed E-state index contributed by atoms with van der Waals surface area (Å²) in [5, 5.41) is 8.44. The van der Waals surface area contributed by atoms with Crippen molar-refractivity contribution in [2.45, 2.75) is 34.7 Å². The van der Waals surface area contributed by atoms with E-state index in [0.29, 0.717) is 36.7 Å². The monoisotopic (exact) mass is 433 g/mol. The standard InChI is InChI=1S/C13H23N3O5S3.ClH/c1-3-5-15-11-9-16(6-7-21-4-2)24(19,20)13-10(11)8-12(22-13)23(14,17)18;/h8,11,15H,3-7,9H2,1-2H3,(H2,14,17,18);1H. The average molecular weight is 434 g/mol. The number of fused-ring (bicyclic) bond motifs is 1. The number of primary sulfonamides is 1. The molecule has 12 heteroatoms. The molecule has 0 saturated carbocycles. The molecule has 1 aromatic heterocycles. The highest BCUT2D eigenvalue weighted by Crippen LogP contribution is 2.39. The topological polar surface area (TPSA) is 119 Å². The van der Waals surface area contributed by atoms with Gasteiger partial charge in [0.15, 0.2) is 0 Å². The summed E-state index contributed by atoms with van der Waals surface area (Å²) in [6, 6.07) is 1.11. The molecule has 0 saturated heterocycles. The third-order valence-corrected chi connectivity index (χ3v) is 8.61.